The molecule has 15 heavy (non-hydrogen) atoms. The number of alkyl halides is 1. The van der Waals surface area contributed by atoms with Crippen molar-refractivity contribution in [2.75, 3.05) is 18.0 Å². The first-order valence-corrected chi connectivity index (χ1v) is 6.32. The Morgan fingerprint density at radius 3 is 2.53 bits per heavy atom. The molecule has 0 aliphatic carbocycles. The van der Waals surface area contributed by atoms with E-state index in [9.17, 15) is 0 Å². The van der Waals surface area contributed by atoms with Crippen LogP contribution in [0.25, 0.3) is 0 Å². The maximum absolute atomic E-state index is 6.24. The molecule has 0 bridgehead atoms. The second-order valence-corrected chi connectivity index (χ2v) is 4.60. The van der Waals surface area contributed by atoms with Gasteiger partial charge >= 0.3 is 0 Å². The van der Waals surface area contributed by atoms with Crippen LogP contribution in [0.15, 0.2) is 18.2 Å². The predicted octanol–water partition coefficient (Wildman–Crippen LogP) is 4.07. The average Bonchev–Trinajstić information content (AvgIpc) is 2.29. The van der Waals surface area contributed by atoms with Crippen molar-refractivity contribution in [3.63, 3.8) is 0 Å². The molecular formula is C12H15Cl2N. The summed E-state index contributed by atoms with van der Waals surface area (Å²) in [6.45, 7) is 2.21. The third-order valence-electron chi connectivity index (χ3n) is 2.89. The second-order valence-electron chi connectivity index (χ2n) is 3.93. The highest BCUT2D eigenvalue weighted by Gasteiger charge is 2.16. The van der Waals surface area contributed by atoms with E-state index in [0.29, 0.717) is 5.88 Å². The molecule has 0 unspecified atom stereocenters. The summed E-state index contributed by atoms with van der Waals surface area (Å²) in [7, 11) is 0. The van der Waals surface area contributed by atoms with E-state index in [1.165, 1.54) is 19.3 Å². The van der Waals surface area contributed by atoms with Gasteiger partial charge in [0.25, 0.3) is 0 Å². The maximum atomic E-state index is 6.24. The standard InChI is InChI=1S/C12H15Cl2N/c13-9-10-5-4-6-11(14)12(10)15-7-2-1-3-8-15/h4-6H,1-3,7-9H2. The van der Waals surface area contributed by atoms with Gasteiger partial charge in [-0.15, -0.1) is 11.6 Å². The lowest BCUT2D eigenvalue weighted by molar-refractivity contribution is 0.577. The molecule has 0 radical (unpaired) electrons. The van der Waals surface area contributed by atoms with Gasteiger partial charge in [-0.05, 0) is 30.9 Å². The molecule has 1 saturated heterocycles. The van der Waals surface area contributed by atoms with Crippen LogP contribution in [0.4, 0.5) is 5.69 Å². The highest BCUT2D eigenvalue weighted by molar-refractivity contribution is 6.33. The van der Waals surface area contributed by atoms with Gasteiger partial charge in [0.15, 0.2) is 0 Å². The SMILES string of the molecule is ClCc1cccc(Cl)c1N1CCCCC1. The molecule has 82 valence electrons. The smallest absolute Gasteiger partial charge is 0.0642 e. The van der Waals surface area contributed by atoms with E-state index in [0.717, 1.165) is 29.4 Å². The Morgan fingerprint density at radius 2 is 1.87 bits per heavy atom. The van der Waals surface area contributed by atoms with Crippen molar-refractivity contribution in [3.8, 4) is 0 Å². The van der Waals surface area contributed by atoms with Crippen molar-refractivity contribution >= 4 is 28.9 Å². The molecule has 1 aliphatic rings. The number of anilines is 1. The van der Waals surface area contributed by atoms with Crippen LogP contribution in [0.3, 0.4) is 0 Å². The van der Waals surface area contributed by atoms with Crippen LogP contribution in [-0.4, -0.2) is 13.1 Å². The molecule has 1 fully saturated rings. The zero-order chi connectivity index (χ0) is 10.7. The Bertz CT molecular complexity index is 332. The number of hydrogen-bond acceptors (Lipinski definition) is 1. The van der Waals surface area contributed by atoms with Gasteiger partial charge in [-0.1, -0.05) is 23.7 Å². The van der Waals surface area contributed by atoms with Gasteiger partial charge in [-0.3, -0.25) is 0 Å². The summed E-state index contributed by atoms with van der Waals surface area (Å²) in [5, 5.41) is 0.829. The molecular weight excluding hydrogens is 229 g/mol. The predicted molar refractivity (Wildman–Crippen MR) is 67.1 cm³/mol. The zero-order valence-electron chi connectivity index (χ0n) is 8.68. The molecule has 0 aromatic heterocycles. The second kappa shape index (κ2) is 5.09. The number of benzene rings is 1. The molecule has 1 aromatic rings. The first-order chi connectivity index (χ1) is 7.33. The van der Waals surface area contributed by atoms with Gasteiger partial charge in [-0.25, -0.2) is 0 Å². The number of nitrogens with zero attached hydrogens (tertiary/aromatic N) is 1. The van der Waals surface area contributed by atoms with E-state index in [4.69, 9.17) is 23.2 Å². The average molecular weight is 244 g/mol. The third kappa shape index (κ3) is 2.40. The fraction of sp³-hybridized carbons (Fsp3) is 0.500. The lowest BCUT2D eigenvalue weighted by atomic mass is 10.1. The Morgan fingerprint density at radius 1 is 1.13 bits per heavy atom. The quantitative estimate of drug-likeness (QED) is 0.709. The van der Waals surface area contributed by atoms with Crippen molar-refractivity contribution in [2.24, 2.45) is 0 Å². The van der Waals surface area contributed by atoms with Crippen LogP contribution in [0.2, 0.25) is 5.02 Å². The van der Waals surface area contributed by atoms with Crippen molar-refractivity contribution in [2.45, 2.75) is 25.1 Å². The highest BCUT2D eigenvalue weighted by atomic mass is 35.5. The number of halogens is 2. The monoisotopic (exact) mass is 243 g/mol. The van der Waals surface area contributed by atoms with Crippen LogP contribution in [0.5, 0.6) is 0 Å². The lowest BCUT2D eigenvalue weighted by Crippen LogP contribution is -2.30. The van der Waals surface area contributed by atoms with E-state index < -0.39 is 0 Å². The number of rotatable bonds is 2. The minimum absolute atomic E-state index is 0.534. The molecule has 1 aromatic carbocycles. The van der Waals surface area contributed by atoms with E-state index >= 15 is 0 Å². The minimum Gasteiger partial charge on any atom is -0.370 e. The highest BCUT2D eigenvalue weighted by Crippen LogP contribution is 2.32. The number of piperidine rings is 1. The van der Waals surface area contributed by atoms with Crippen LogP contribution < -0.4 is 4.90 Å². The van der Waals surface area contributed by atoms with Crippen LogP contribution in [0, 0.1) is 0 Å². The number of hydrogen-bond donors (Lipinski definition) is 0. The molecule has 0 spiro atoms. The van der Waals surface area contributed by atoms with Gasteiger partial charge < -0.3 is 4.90 Å². The summed E-state index contributed by atoms with van der Waals surface area (Å²) >= 11 is 12.2. The molecule has 1 heterocycles. The Labute approximate surface area is 101 Å². The zero-order valence-corrected chi connectivity index (χ0v) is 10.2. The van der Waals surface area contributed by atoms with Gasteiger partial charge in [0.1, 0.15) is 0 Å². The van der Waals surface area contributed by atoms with Gasteiger partial charge in [0.05, 0.1) is 10.7 Å². The van der Waals surface area contributed by atoms with Gasteiger partial charge in [0.2, 0.25) is 0 Å². The fourth-order valence-corrected chi connectivity index (χ4v) is 2.67. The summed E-state index contributed by atoms with van der Waals surface area (Å²) in [6.07, 6.45) is 3.84. The van der Waals surface area contributed by atoms with Crippen LogP contribution in [-0.2, 0) is 5.88 Å². The van der Waals surface area contributed by atoms with Crippen molar-refractivity contribution in [1.82, 2.24) is 0 Å². The van der Waals surface area contributed by atoms with E-state index in [-0.39, 0.29) is 0 Å². The first-order valence-electron chi connectivity index (χ1n) is 5.41. The Hall–Kier alpha value is -0.400. The topological polar surface area (TPSA) is 3.24 Å². The van der Waals surface area contributed by atoms with E-state index in [1.54, 1.807) is 0 Å². The van der Waals surface area contributed by atoms with E-state index in [1.807, 2.05) is 12.1 Å². The molecule has 0 atom stereocenters. The van der Waals surface area contributed by atoms with Crippen molar-refractivity contribution < 1.29 is 0 Å². The van der Waals surface area contributed by atoms with Crippen molar-refractivity contribution in [3.05, 3.63) is 28.8 Å². The Kier molecular flexibility index (Phi) is 3.76. The lowest BCUT2D eigenvalue weighted by Gasteiger charge is -2.31. The molecule has 2 rings (SSSR count). The third-order valence-corrected chi connectivity index (χ3v) is 3.48. The molecule has 1 nitrogen and oxygen atoms in total. The molecule has 0 N–H and O–H groups in total. The summed E-state index contributed by atoms with van der Waals surface area (Å²) in [5.41, 5.74) is 2.29. The molecule has 0 saturated carbocycles. The summed E-state index contributed by atoms with van der Waals surface area (Å²) in [5.74, 6) is 0.534. The molecule has 3 heteroatoms. The largest absolute Gasteiger partial charge is 0.370 e. The Balaban J connectivity index is 2.31. The molecule has 0 amide bonds. The fourth-order valence-electron chi connectivity index (χ4n) is 2.14. The van der Waals surface area contributed by atoms with E-state index in [2.05, 4.69) is 11.0 Å². The van der Waals surface area contributed by atoms with Crippen LogP contribution in [0.1, 0.15) is 24.8 Å². The summed E-state index contributed by atoms with van der Waals surface area (Å²) in [6, 6.07) is 5.97. The maximum Gasteiger partial charge on any atom is 0.0642 e. The summed E-state index contributed by atoms with van der Waals surface area (Å²) < 4.78 is 0. The summed E-state index contributed by atoms with van der Waals surface area (Å²) in [4.78, 5) is 2.36. The van der Waals surface area contributed by atoms with Gasteiger partial charge in [-0.2, -0.15) is 0 Å². The first kappa shape index (κ1) is 11.1. The van der Waals surface area contributed by atoms with Crippen LogP contribution >= 0.6 is 23.2 Å². The van der Waals surface area contributed by atoms with Crippen molar-refractivity contribution in [1.29, 1.82) is 0 Å². The minimum atomic E-state index is 0.534. The number of para-hydroxylation sites is 1. The molecule has 1 aliphatic heterocycles. The van der Waals surface area contributed by atoms with Gasteiger partial charge in [0, 0.05) is 19.0 Å². The normalized spacial score (nSPS) is 16.8.